The number of nitrogens with zero attached hydrogens (tertiary/aromatic N) is 3. The Labute approximate surface area is 188 Å². The van der Waals surface area contributed by atoms with Crippen molar-refractivity contribution in [3.8, 4) is 0 Å². The first kappa shape index (κ1) is 23.4. The minimum Gasteiger partial charge on any atom is -0.480 e. The smallest absolute Gasteiger partial charge is 0.338 e. The summed E-state index contributed by atoms with van der Waals surface area (Å²) >= 11 is 0. The number of esters is 1. The second kappa shape index (κ2) is 10.8. The number of nitrogen functional groups attached to an aromatic ring is 1. The van der Waals surface area contributed by atoms with Crippen LogP contribution in [0.15, 0.2) is 42.5 Å². The first-order valence-electron chi connectivity index (χ1n) is 10.6. The SMILES string of the molecule is CN(C)CCOC(=O)c1ccc(Nc2cccc(N3CCN(CC(=O)O)CC3)c2)c(N)c1. The average molecular weight is 442 g/mol. The molecule has 1 saturated heterocycles. The third kappa shape index (κ3) is 6.60. The lowest BCUT2D eigenvalue weighted by molar-refractivity contribution is -0.138. The summed E-state index contributed by atoms with van der Waals surface area (Å²) in [6.45, 7) is 4.02. The Morgan fingerprint density at radius 1 is 1.12 bits per heavy atom. The molecule has 9 heteroatoms. The van der Waals surface area contributed by atoms with E-state index in [9.17, 15) is 9.59 Å². The highest BCUT2D eigenvalue weighted by Gasteiger charge is 2.19. The lowest BCUT2D eigenvalue weighted by atomic mass is 10.1. The van der Waals surface area contributed by atoms with E-state index in [0.29, 0.717) is 43.2 Å². The van der Waals surface area contributed by atoms with Gasteiger partial charge in [-0.1, -0.05) is 6.07 Å². The third-order valence-corrected chi connectivity index (χ3v) is 5.28. The van der Waals surface area contributed by atoms with Crippen LogP contribution in [-0.2, 0) is 9.53 Å². The molecular formula is C23H31N5O4. The van der Waals surface area contributed by atoms with Gasteiger partial charge in [-0.25, -0.2) is 4.79 Å². The number of carbonyl (C=O) groups excluding carboxylic acids is 1. The van der Waals surface area contributed by atoms with Crippen molar-refractivity contribution in [3.63, 3.8) is 0 Å². The van der Waals surface area contributed by atoms with E-state index in [4.69, 9.17) is 15.6 Å². The van der Waals surface area contributed by atoms with Crippen molar-refractivity contribution < 1.29 is 19.4 Å². The molecule has 2 aromatic carbocycles. The van der Waals surface area contributed by atoms with E-state index in [1.54, 1.807) is 18.2 Å². The van der Waals surface area contributed by atoms with Gasteiger partial charge in [-0.3, -0.25) is 9.69 Å². The summed E-state index contributed by atoms with van der Waals surface area (Å²) < 4.78 is 5.27. The number of rotatable bonds is 9. The number of ether oxygens (including phenoxy) is 1. The molecule has 1 heterocycles. The number of carboxylic acid groups (broad SMARTS) is 1. The number of nitrogens with two attached hydrogens (primary N) is 1. The quantitative estimate of drug-likeness (QED) is 0.397. The Bertz CT molecular complexity index is 942. The fourth-order valence-corrected chi connectivity index (χ4v) is 3.50. The number of likely N-dealkylation sites (N-methyl/N-ethyl adjacent to an activating group) is 1. The fraction of sp³-hybridized carbons (Fsp3) is 0.391. The van der Waals surface area contributed by atoms with Gasteiger partial charge in [0.05, 0.1) is 23.5 Å². The van der Waals surface area contributed by atoms with Crippen LogP contribution in [0.2, 0.25) is 0 Å². The first-order chi connectivity index (χ1) is 15.3. The van der Waals surface area contributed by atoms with Crippen LogP contribution >= 0.6 is 0 Å². The van der Waals surface area contributed by atoms with Gasteiger partial charge in [0.1, 0.15) is 6.61 Å². The first-order valence-corrected chi connectivity index (χ1v) is 10.6. The molecule has 9 nitrogen and oxygen atoms in total. The molecule has 2 aromatic rings. The maximum absolute atomic E-state index is 12.2. The maximum Gasteiger partial charge on any atom is 0.338 e. The van der Waals surface area contributed by atoms with E-state index >= 15 is 0 Å². The number of piperazine rings is 1. The Morgan fingerprint density at radius 3 is 2.53 bits per heavy atom. The van der Waals surface area contributed by atoms with Gasteiger partial charge in [-0.15, -0.1) is 0 Å². The number of hydrogen-bond donors (Lipinski definition) is 3. The van der Waals surface area contributed by atoms with Gasteiger partial charge < -0.3 is 30.7 Å². The number of hydrogen-bond acceptors (Lipinski definition) is 8. The van der Waals surface area contributed by atoms with E-state index in [1.165, 1.54) is 0 Å². The zero-order valence-electron chi connectivity index (χ0n) is 18.6. The van der Waals surface area contributed by atoms with Crippen molar-refractivity contribution >= 4 is 34.7 Å². The van der Waals surface area contributed by atoms with Crippen LogP contribution in [0.25, 0.3) is 0 Å². The molecule has 1 fully saturated rings. The third-order valence-electron chi connectivity index (χ3n) is 5.28. The fourth-order valence-electron chi connectivity index (χ4n) is 3.50. The molecule has 0 saturated carbocycles. The van der Waals surface area contributed by atoms with Gasteiger partial charge in [0, 0.05) is 44.1 Å². The topological polar surface area (TPSA) is 111 Å². The van der Waals surface area contributed by atoms with Crippen LogP contribution < -0.4 is 16.0 Å². The molecule has 0 unspecified atom stereocenters. The van der Waals surface area contributed by atoms with Crippen molar-refractivity contribution in [1.29, 1.82) is 0 Å². The van der Waals surface area contributed by atoms with Gasteiger partial charge in [-0.05, 0) is 50.5 Å². The second-order valence-electron chi connectivity index (χ2n) is 8.07. The Morgan fingerprint density at radius 2 is 1.88 bits per heavy atom. The van der Waals surface area contributed by atoms with Crippen LogP contribution in [-0.4, -0.2) is 86.8 Å². The van der Waals surface area contributed by atoms with Crippen LogP contribution in [0.5, 0.6) is 0 Å². The number of anilines is 4. The Balaban J connectivity index is 1.60. The predicted octanol–water partition coefficient (Wildman–Crippen LogP) is 1.94. The van der Waals surface area contributed by atoms with Crippen molar-refractivity contribution in [1.82, 2.24) is 9.80 Å². The number of benzene rings is 2. The minimum absolute atomic E-state index is 0.0773. The normalized spacial score (nSPS) is 14.4. The van der Waals surface area contributed by atoms with Crippen molar-refractivity contribution in [2.24, 2.45) is 0 Å². The average Bonchev–Trinajstić information content (AvgIpc) is 2.75. The molecule has 0 aromatic heterocycles. The van der Waals surface area contributed by atoms with Crippen LogP contribution in [0.1, 0.15) is 10.4 Å². The van der Waals surface area contributed by atoms with Crippen molar-refractivity contribution in [2.45, 2.75) is 0 Å². The summed E-state index contributed by atoms with van der Waals surface area (Å²) in [4.78, 5) is 29.2. The van der Waals surface area contributed by atoms with Crippen molar-refractivity contribution in [3.05, 3.63) is 48.0 Å². The van der Waals surface area contributed by atoms with Gasteiger partial charge in [0.2, 0.25) is 0 Å². The Hall–Kier alpha value is -3.30. The lowest BCUT2D eigenvalue weighted by Gasteiger charge is -2.35. The van der Waals surface area contributed by atoms with E-state index in [0.717, 1.165) is 24.5 Å². The molecular weight excluding hydrogens is 410 g/mol. The highest BCUT2D eigenvalue weighted by molar-refractivity contribution is 5.92. The zero-order valence-corrected chi connectivity index (χ0v) is 18.6. The summed E-state index contributed by atoms with van der Waals surface area (Å²) in [5.41, 5.74) is 9.70. The second-order valence-corrected chi connectivity index (χ2v) is 8.07. The molecule has 3 rings (SSSR count). The number of nitrogens with one attached hydrogen (secondary N) is 1. The lowest BCUT2D eigenvalue weighted by Crippen LogP contribution is -2.47. The maximum atomic E-state index is 12.2. The molecule has 1 aliphatic heterocycles. The summed E-state index contributed by atoms with van der Waals surface area (Å²) in [7, 11) is 3.83. The van der Waals surface area contributed by atoms with Crippen LogP contribution in [0, 0.1) is 0 Å². The van der Waals surface area contributed by atoms with Gasteiger partial charge in [0.15, 0.2) is 0 Å². The molecule has 4 N–H and O–H groups in total. The van der Waals surface area contributed by atoms with Crippen LogP contribution in [0.4, 0.5) is 22.7 Å². The molecule has 0 bridgehead atoms. The molecule has 32 heavy (non-hydrogen) atoms. The van der Waals surface area contributed by atoms with E-state index in [-0.39, 0.29) is 6.54 Å². The standard InChI is InChI=1S/C23H31N5O4/c1-26(2)12-13-32-23(31)17-6-7-21(20(24)14-17)25-18-4-3-5-19(15-18)28-10-8-27(9-11-28)16-22(29)30/h3-7,14-15,25H,8-13,16,24H2,1-2H3,(H,29,30). The van der Waals surface area contributed by atoms with E-state index in [1.807, 2.05) is 48.2 Å². The monoisotopic (exact) mass is 441 g/mol. The molecule has 0 spiro atoms. The molecule has 0 aliphatic carbocycles. The predicted molar refractivity (Wildman–Crippen MR) is 126 cm³/mol. The summed E-state index contributed by atoms with van der Waals surface area (Å²) in [5.74, 6) is -1.19. The largest absolute Gasteiger partial charge is 0.480 e. The van der Waals surface area contributed by atoms with Crippen molar-refractivity contribution in [2.75, 3.05) is 75.9 Å². The van der Waals surface area contributed by atoms with Gasteiger partial charge in [-0.2, -0.15) is 0 Å². The van der Waals surface area contributed by atoms with Gasteiger partial charge in [0.25, 0.3) is 0 Å². The molecule has 0 radical (unpaired) electrons. The molecule has 1 aliphatic rings. The van der Waals surface area contributed by atoms with E-state index < -0.39 is 11.9 Å². The Kier molecular flexibility index (Phi) is 7.91. The highest BCUT2D eigenvalue weighted by Crippen LogP contribution is 2.27. The molecule has 0 amide bonds. The number of aliphatic carboxylic acids is 1. The number of carboxylic acids is 1. The van der Waals surface area contributed by atoms with Gasteiger partial charge >= 0.3 is 11.9 Å². The molecule has 172 valence electrons. The summed E-state index contributed by atoms with van der Waals surface area (Å²) in [6, 6.07) is 13.1. The summed E-state index contributed by atoms with van der Waals surface area (Å²) in [5, 5.41) is 12.3. The van der Waals surface area contributed by atoms with E-state index in [2.05, 4.69) is 10.2 Å². The summed E-state index contributed by atoms with van der Waals surface area (Å²) in [6.07, 6.45) is 0. The highest BCUT2D eigenvalue weighted by atomic mass is 16.5. The van der Waals surface area contributed by atoms with Crippen LogP contribution in [0.3, 0.4) is 0 Å². The minimum atomic E-state index is -0.796. The zero-order chi connectivity index (χ0) is 23.1. The molecule has 0 atom stereocenters. The number of carbonyl (C=O) groups is 2.